The number of aldehydes is 1. The minimum atomic E-state index is -2.82. The lowest BCUT2D eigenvalue weighted by Gasteiger charge is -2.07. The molecule has 0 amide bonds. The molecule has 0 aliphatic carbocycles. The zero-order valence-electron chi connectivity index (χ0n) is 7.21. The lowest BCUT2D eigenvalue weighted by Crippen LogP contribution is -2.08. The first-order chi connectivity index (χ1) is 6.60. The molecule has 4 nitrogen and oxygen atoms in total. The molecular formula is C8H9F2N3O. The molecule has 0 unspecified atom stereocenters. The molecule has 0 radical (unpaired) electrons. The minimum Gasteiger partial charge on any atom is -0.383 e. The van der Waals surface area contributed by atoms with Gasteiger partial charge in [0.2, 0.25) is 0 Å². The molecule has 1 heterocycles. The summed E-state index contributed by atoms with van der Waals surface area (Å²) in [5.41, 5.74) is 10.2. The maximum Gasteiger partial charge on any atom is 0.281 e. The van der Waals surface area contributed by atoms with E-state index in [0.717, 1.165) is 0 Å². The standard InChI is InChI=1S/C8H9F2N3O/c9-7(10)6-5(3-14)1-4(2-11)8(12)13-6/h1,3,7H,2,11H2,(H2,12,13). The summed E-state index contributed by atoms with van der Waals surface area (Å²) in [6, 6.07) is 1.23. The SMILES string of the molecule is NCc1cc(C=O)c(C(F)F)nc1N. The van der Waals surface area contributed by atoms with Gasteiger partial charge in [-0.15, -0.1) is 0 Å². The fourth-order valence-electron chi connectivity index (χ4n) is 1.03. The molecule has 76 valence electrons. The van der Waals surface area contributed by atoms with Gasteiger partial charge in [0, 0.05) is 17.7 Å². The Labute approximate surface area is 78.9 Å². The summed E-state index contributed by atoms with van der Waals surface area (Å²) >= 11 is 0. The van der Waals surface area contributed by atoms with E-state index in [2.05, 4.69) is 4.98 Å². The third-order valence-corrected chi connectivity index (χ3v) is 1.75. The molecular weight excluding hydrogens is 192 g/mol. The van der Waals surface area contributed by atoms with Crippen LogP contribution >= 0.6 is 0 Å². The summed E-state index contributed by atoms with van der Waals surface area (Å²) in [6.45, 7) is 0.0587. The number of rotatable bonds is 3. The largest absolute Gasteiger partial charge is 0.383 e. The molecule has 1 rings (SSSR count). The summed E-state index contributed by atoms with van der Waals surface area (Å²) in [5, 5.41) is 0. The van der Waals surface area contributed by atoms with Crippen molar-refractivity contribution in [1.29, 1.82) is 0 Å². The predicted molar refractivity (Wildman–Crippen MR) is 46.9 cm³/mol. The van der Waals surface area contributed by atoms with Crippen LogP contribution < -0.4 is 11.5 Å². The summed E-state index contributed by atoms with van der Waals surface area (Å²) in [5.74, 6) is -0.0617. The van der Waals surface area contributed by atoms with Gasteiger partial charge in [-0.25, -0.2) is 13.8 Å². The third-order valence-electron chi connectivity index (χ3n) is 1.75. The average molecular weight is 201 g/mol. The molecule has 1 aromatic heterocycles. The Hall–Kier alpha value is -1.56. The first-order valence-corrected chi connectivity index (χ1v) is 3.82. The topological polar surface area (TPSA) is 82.0 Å². The fraction of sp³-hybridized carbons (Fsp3) is 0.250. The van der Waals surface area contributed by atoms with Crippen molar-refractivity contribution in [3.05, 3.63) is 22.9 Å². The molecule has 0 spiro atoms. The molecule has 1 aromatic rings. The zero-order valence-corrected chi connectivity index (χ0v) is 7.21. The van der Waals surface area contributed by atoms with Crippen LogP contribution in [0.25, 0.3) is 0 Å². The number of halogens is 2. The van der Waals surface area contributed by atoms with Crippen LogP contribution in [0.15, 0.2) is 6.07 Å². The van der Waals surface area contributed by atoms with Gasteiger partial charge in [0.25, 0.3) is 6.43 Å². The molecule has 14 heavy (non-hydrogen) atoms. The lowest BCUT2D eigenvalue weighted by atomic mass is 10.1. The molecule has 0 saturated heterocycles. The number of nitrogens with zero attached hydrogens (tertiary/aromatic N) is 1. The number of alkyl halides is 2. The second kappa shape index (κ2) is 4.10. The van der Waals surface area contributed by atoms with Crippen molar-refractivity contribution in [2.75, 3.05) is 5.73 Å². The highest BCUT2D eigenvalue weighted by Gasteiger charge is 2.16. The number of aromatic nitrogens is 1. The van der Waals surface area contributed by atoms with Crippen molar-refractivity contribution in [3.63, 3.8) is 0 Å². The van der Waals surface area contributed by atoms with E-state index >= 15 is 0 Å². The summed E-state index contributed by atoms with van der Waals surface area (Å²) in [6.07, 6.45) is -2.50. The van der Waals surface area contributed by atoms with Gasteiger partial charge in [-0.05, 0) is 6.07 Å². The van der Waals surface area contributed by atoms with Gasteiger partial charge in [-0.3, -0.25) is 4.79 Å². The normalized spacial score (nSPS) is 10.6. The molecule has 0 aliphatic rings. The summed E-state index contributed by atoms with van der Waals surface area (Å²) in [4.78, 5) is 13.9. The highest BCUT2D eigenvalue weighted by Crippen LogP contribution is 2.23. The van der Waals surface area contributed by atoms with Gasteiger partial charge in [0.15, 0.2) is 6.29 Å². The Kier molecular flexibility index (Phi) is 3.08. The number of nitrogen functional groups attached to an aromatic ring is 1. The number of nitrogens with two attached hydrogens (primary N) is 2. The Morgan fingerprint density at radius 2 is 2.21 bits per heavy atom. The van der Waals surface area contributed by atoms with E-state index < -0.39 is 12.1 Å². The maximum absolute atomic E-state index is 12.3. The van der Waals surface area contributed by atoms with Crippen LogP contribution in [0.5, 0.6) is 0 Å². The molecule has 0 aliphatic heterocycles. The van der Waals surface area contributed by atoms with Crippen LogP contribution in [0.4, 0.5) is 14.6 Å². The quantitative estimate of drug-likeness (QED) is 0.711. The number of carbonyl (C=O) groups is 1. The van der Waals surface area contributed by atoms with Crippen molar-refractivity contribution >= 4 is 12.1 Å². The minimum absolute atomic E-state index is 0.0587. The van der Waals surface area contributed by atoms with Gasteiger partial charge in [0.1, 0.15) is 11.5 Å². The second-order valence-corrected chi connectivity index (χ2v) is 2.63. The third kappa shape index (κ3) is 1.85. The van der Waals surface area contributed by atoms with E-state index in [-0.39, 0.29) is 17.9 Å². The van der Waals surface area contributed by atoms with Gasteiger partial charge in [-0.1, -0.05) is 0 Å². The van der Waals surface area contributed by atoms with Crippen molar-refractivity contribution in [2.24, 2.45) is 5.73 Å². The highest BCUT2D eigenvalue weighted by molar-refractivity contribution is 5.77. The van der Waals surface area contributed by atoms with Crippen molar-refractivity contribution in [1.82, 2.24) is 4.98 Å². The molecule has 0 aromatic carbocycles. The van der Waals surface area contributed by atoms with Gasteiger partial charge in [-0.2, -0.15) is 0 Å². The van der Waals surface area contributed by atoms with Crippen LogP contribution in [0.3, 0.4) is 0 Å². The van der Waals surface area contributed by atoms with E-state index in [1.165, 1.54) is 6.07 Å². The summed E-state index contributed by atoms with van der Waals surface area (Å²) in [7, 11) is 0. The monoisotopic (exact) mass is 201 g/mol. The van der Waals surface area contributed by atoms with Gasteiger partial charge < -0.3 is 11.5 Å². The van der Waals surface area contributed by atoms with E-state index in [9.17, 15) is 13.6 Å². The second-order valence-electron chi connectivity index (χ2n) is 2.63. The Morgan fingerprint density at radius 1 is 1.57 bits per heavy atom. The van der Waals surface area contributed by atoms with Crippen LogP contribution in [0, 0.1) is 0 Å². The first kappa shape index (κ1) is 10.5. The van der Waals surface area contributed by atoms with Gasteiger partial charge >= 0.3 is 0 Å². The number of hydrogen-bond donors (Lipinski definition) is 2. The Balaban J connectivity index is 3.31. The number of carbonyl (C=O) groups excluding carboxylic acids is 1. The lowest BCUT2D eigenvalue weighted by molar-refractivity contribution is 0.110. The van der Waals surface area contributed by atoms with Crippen molar-refractivity contribution in [2.45, 2.75) is 13.0 Å². The fourth-order valence-corrected chi connectivity index (χ4v) is 1.03. The van der Waals surface area contributed by atoms with Crippen molar-refractivity contribution < 1.29 is 13.6 Å². The van der Waals surface area contributed by atoms with E-state index in [1.807, 2.05) is 0 Å². The zero-order chi connectivity index (χ0) is 10.7. The molecule has 0 atom stereocenters. The van der Waals surface area contributed by atoms with Gasteiger partial charge in [0.05, 0.1) is 0 Å². The number of hydrogen-bond acceptors (Lipinski definition) is 4. The highest BCUT2D eigenvalue weighted by atomic mass is 19.3. The molecule has 0 saturated carbocycles. The Bertz CT molecular complexity index is 355. The number of pyridine rings is 1. The predicted octanol–water partition coefficient (Wildman–Crippen LogP) is 0.873. The molecule has 0 bridgehead atoms. The smallest absolute Gasteiger partial charge is 0.281 e. The Morgan fingerprint density at radius 3 is 2.64 bits per heavy atom. The van der Waals surface area contributed by atoms with Crippen LogP contribution in [-0.4, -0.2) is 11.3 Å². The van der Waals surface area contributed by atoms with Crippen LogP contribution in [0.1, 0.15) is 28.0 Å². The number of anilines is 1. The molecule has 4 N–H and O–H groups in total. The van der Waals surface area contributed by atoms with E-state index in [4.69, 9.17) is 11.5 Å². The average Bonchev–Trinajstić information content (AvgIpc) is 2.17. The maximum atomic E-state index is 12.3. The van der Waals surface area contributed by atoms with E-state index in [0.29, 0.717) is 11.8 Å². The van der Waals surface area contributed by atoms with E-state index in [1.54, 1.807) is 0 Å². The van der Waals surface area contributed by atoms with Crippen molar-refractivity contribution in [3.8, 4) is 0 Å². The summed E-state index contributed by atoms with van der Waals surface area (Å²) < 4.78 is 24.6. The van der Waals surface area contributed by atoms with Crippen LogP contribution in [-0.2, 0) is 6.54 Å². The van der Waals surface area contributed by atoms with Crippen LogP contribution in [0.2, 0.25) is 0 Å². The molecule has 6 heteroatoms. The molecule has 0 fully saturated rings. The first-order valence-electron chi connectivity index (χ1n) is 3.82.